The SMILES string of the molecule is CC/C=C\C/C=C\C/C=C\C/C=C\CCCCCCCCCCCCCCCCCCCCCCC(=O)OCC(COC(=O)CCCCCCC/C=C\CCCCCCCC)OC(=O)CCCCCCCCCCCCCCCCCC. The number of hydrogen-bond acceptors (Lipinski definition) is 6. The van der Waals surface area contributed by atoms with Crippen LogP contribution < -0.4 is 0 Å². The number of ether oxygens (including phenoxy) is 3. The van der Waals surface area contributed by atoms with Gasteiger partial charge in [0.2, 0.25) is 0 Å². The number of allylic oxidation sites excluding steroid dienone is 10. The number of hydrogen-bond donors (Lipinski definition) is 0. The van der Waals surface area contributed by atoms with Crippen LogP contribution in [0.4, 0.5) is 0 Å². The monoisotopic (exact) mass is 1150 g/mol. The highest BCUT2D eigenvalue weighted by atomic mass is 16.6. The maximum atomic E-state index is 12.9. The lowest BCUT2D eigenvalue weighted by molar-refractivity contribution is -0.167. The molecular formula is C76H138O6. The van der Waals surface area contributed by atoms with E-state index in [0.29, 0.717) is 19.3 Å². The second-order valence-electron chi connectivity index (χ2n) is 24.5. The molecule has 0 aromatic rings. The Balaban J connectivity index is 4.14. The van der Waals surface area contributed by atoms with Crippen LogP contribution in [0.3, 0.4) is 0 Å². The van der Waals surface area contributed by atoms with Crippen molar-refractivity contribution in [2.24, 2.45) is 0 Å². The van der Waals surface area contributed by atoms with Gasteiger partial charge in [-0.05, 0) is 83.5 Å². The predicted octanol–water partition coefficient (Wildman–Crippen LogP) is 25.1. The van der Waals surface area contributed by atoms with Crippen LogP contribution in [0.2, 0.25) is 0 Å². The van der Waals surface area contributed by atoms with Gasteiger partial charge >= 0.3 is 17.9 Å². The quantitative estimate of drug-likeness (QED) is 0.0261. The topological polar surface area (TPSA) is 78.9 Å². The first-order valence-corrected chi connectivity index (χ1v) is 36.3. The molecule has 0 aliphatic carbocycles. The van der Waals surface area contributed by atoms with Gasteiger partial charge in [-0.2, -0.15) is 0 Å². The third-order valence-electron chi connectivity index (χ3n) is 16.3. The summed E-state index contributed by atoms with van der Waals surface area (Å²) in [5.41, 5.74) is 0. The van der Waals surface area contributed by atoms with Crippen LogP contribution in [0.25, 0.3) is 0 Å². The molecule has 0 rings (SSSR count). The van der Waals surface area contributed by atoms with E-state index in [1.807, 2.05) is 0 Å². The summed E-state index contributed by atoms with van der Waals surface area (Å²) < 4.78 is 17.0. The number of carbonyl (C=O) groups is 3. The zero-order valence-corrected chi connectivity index (χ0v) is 55.0. The second-order valence-corrected chi connectivity index (χ2v) is 24.5. The number of carbonyl (C=O) groups excluding carboxylic acids is 3. The number of unbranched alkanes of at least 4 members (excludes halogenated alkanes) is 46. The zero-order chi connectivity index (χ0) is 59.2. The molecule has 0 spiro atoms. The van der Waals surface area contributed by atoms with Gasteiger partial charge in [0.15, 0.2) is 6.10 Å². The Hall–Kier alpha value is -2.89. The van der Waals surface area contributed by atoms with Gasteiger partial charge in [-0.25, -0.2) is 0 Å². The van der Waals surface area contributed by atoms with Crippen LogP contribution in [-0.2, 0) is 28.6 Å². The van der Waals surface area contributed by atoms with Gasteiger partial charge in [0.05, 0.1) is 0 Å². The predicted molar refractivity (Wildman–Crippen MR) is 358 cm³/mol. The van der Waals surface area contributed by atoms with E-state index < -0.39 is 6.10 Å². The van der Waals surface area contributed by atoms with Gasteiger partial charge in [0.25, 0.3) is 0 Å². The highest BCUT2D eigenvalue weighted by Crippen LogP contribution is 2.18. The van der Waals surface area contributed by atoms with Gasteiger partial charge in [0.1, 0.15) is 13.2 Å². The van der Waals surface area contributed by atoms with Crippen molar-refractivity contribution in [3.63, 3.8) is 0 Å². The average molecular weight is 1150 g/mol. The minimum absolute atomic E-state index is 0.0699. The maximum absolute atomic E-state index is 12.9. The van der Waals surface area contributed by atoms with Crippen molar-refractivity contribution in [3.8, 4) is 0 Å². The highest BCUT2D eigenvalue weighted by molar-refractivity contribution is 5.71. The van der Waals surface area contributed by atoms with Crippen molar-refractivity contribution < 1.29 is 28.6 Å². The van der Waals surface area contributed by atoms with Crippen molar-refractivity contribution in [2.75, 3.05) is 13.2 Å². The summed E-state index contributed by atoms with van der Waals surface area (Å²) >= 11 is 0. The highest BCUT2D eigenvalue weighted by Gasteiger charge is 2.19. The second kappa shape index (κ2) is 70.6. The smallest absolute Gasteiger partial charge is 0.306 e. The van der Waals surface area contributed by atoms with Crippen LogP contribution >= 0.6 is 0 Å². The molecule has 0 N–H and O–H groups in total. The zero-order valence-electron chi connectivity index (χ0n) is 55.0. The van der Waals surface area contributed by atoms with Crippen molar-refractivity contribution in [3.05, 3.63) is 60.8 Å². The van der Waals surface area contributed by atoms with E-state index in [0.717, 1.165) is 89.9 Å². The molecule has 0 fully saturated rings. The Morgan fingerprint density at radius 3 is 0.756 bits per heavy atom. The molecule has 0 radical (unpaired) electrons. The Morgan fingerprint density at radius 2 is 0.476 bits per heavy atom. The molecule has 0 amide bonds. The Bertz CT molecular complexity index is 1460. The molecule has 0 saturated carbocycles. The summed E-state index contributed by atoms with van der Waals surface area (Å²) in [5.74, 6) is -0.850. The van der Waals surface area contributed by atoms with Gasteiger partial charge in [0, 0.05) is 19.3 Å². The molecule has 6 heteroatoms. The first kappa shape index (κ1) is 79.1. The van der Waals surface area contributed by atoms with E-state index in [-0.39, 0.29) is 31.1 Å². The van der Waals surface area contributed by atoms with Gasteiger partial charge < -0.3 is 14.2 Å². The molecule has 82 heavy (non-hydrogen) atoms. The van der Waals surface area contributed by atoms with E-state index in [1.54, 1.807) is 0 Å². The summed E-state index contributed by atoms with van der Waals surface area (Å²) in [5, 5.41) is 0. The molecule has 6 nitrogen and oxygen atoms in total. The maximum Gasteiger partial charge on any atom is 0.306 e. The lowest BCUT2D eigenvalue weighted by atomic mass is 10.0. The van der Waals surface area contributed by atoms with Crippen molar-refractivity contribution in [2.45, 2.75) is 393 Å². The Labute approximate surface area is 510 Å². The van der Waals surface area contributed by atoms with Crippen LogP contribution in [0.5, 0.6) is 0 Å². The minimum Gasteiger partial charge on any atom is -0.462 e. The lowest BCUT2D eigenvalue weighted by Crippen LogP contribution is -2.30. The molecule has 0 aromatic heterocycles. The van der Waals surface area contributed by atoms with E-state index in [1.165, 1.54) is 257 Å². The first-order chi connectivity index (χ1) is 40.5. The minimum atomic E-state index is -0.774. The normalized spacial score (nSPS) is 12.4. The fraction of sp³-hybridized carbons (Fsp3) is 0.829. The molecule has 0 bridgehead atoms. The molecular weight excluding hydrogens is 1010 g/mol. The van der Waals surface area contributed by atoms with E-state index >= 15 is 0 Å². The van der Waals surface area contributed by atoms with Crippen LogP contribution in [0, 0.1) is 0 Å². The fourth-order valence-electron chi connectivity index (χ4n) is 10.8. The third kappa shape index (κ3) is 67.9. The lowest BCUT2D eigenvalue weighted by Gasteiger charge is -2.18. The van der Waals surface area contributed by atoms with Gasteiger partial charge in [-0.15, -0.1) is 0 Å². The molecule has 0 saturated heterocycles. The summed E-state index contributed by atoms with van der Waals surface area (Å²) in [6.07, 6.45) is 91.2. The fourth-order valence-corrected chi connectivity index (χ4v) is 10.8. The molecule has 478 valence electrons. The summed E-state index contributed by atoms with van der Waals surface area (Å²) in [6.45, 7) is 6.58. The van der Waals surface area contributed by atoms with Gasteiger partial charge in [-0.3, -0.25) is 14.4 Å². The summed E-state index contributed by atoms with van der Waals surface area (Å²) in [6, 6.07) is 0. The molecule has 0 aliphatic rings. The summed E-state index contributed by atoms with van der Waals surface area (Å²) in [4.78, 5) is 38.4. The standard InChI is InChI=1S/C76H138O6/c1-4-7-10-13-16-19-22-25-28-30-31-32-33-34-35-36-37-38-39-40-41-42-43-44-45-46-49-51-54-57-60-63-66-69-75(78)81-72-73(71-80-74(77)68-65-62-59-56-53-50-47-27-24-21-18-15-12-9-6-3)82-76(79)70-67-64-61-58-55-52-48-29-26-23-20-17-14-11-8-5-2/h7,10,16,19,25,27-28,31-32,47,73H,4-6,8-9,11-15,17-18,20-24,26,29-30,33-46,48-72H2,1-3H3/b10-7-,19-16-,28-25-,32-31-,47-27-. The molecule has 0 aromatic carbocycles. The molecule has 1 atom stereocenters. The third-order valence-corrected chi connectivity index (χ3v) is 16.3. The van der Waals surface area contributed by atoms with Crippen LogP contribution in [0.15, 0.2) is 60.8 Å². The largest absolute Gasteiger partial charge is 0.462 e. The Kier molecular flexibility index (Phi) is 68.1. The van der Waals surface area contributed by atoms with Gasteiger partial charge in [-0.1, -0.05) is 345 Å². The van der Waals surface area contributed by atoms with Crippen LogP contribution in [0.1, 0.15) is 387 Å². The van der Waals surface area contributed by atoms with Crippen molar-refractivity contribution in [1.29, 1.82) is 0 Å². The average Bonchev–Trinajstić information content (AvgIpc) is 3.47. The number of rotatable bonds is 67. The molecule has 0 aliphatic heterocycles. The molecule has 0 heterocycles. The first-order valence-electron chi connectivity index (χ1n) is 36.3. The van der Waals surface area contributed by atoms with Crippen LogP contribution in [-0.4, -0.2) is 37.2 Å². The number of esters is 3. The van der Waals surface area contributed by atoms with E-state index in [4.69, 9.17) is 14.2 Å². The van der Waals surface area contributed by atoms with Crippen molar-refractivity contribution >= 4 is 17.9 Å². The van der Waals surface area contributed by atoms with Crippen molar-refractivity contribution in [1.82, 2.24) is 0 Å². The summed E-state index contributed by atoms with van der Waals surface area (Å²) in [7, 11) is 0. The van der Waals surface area contributed by atoms with E-state index in [9.17, 15) is 14.4 Å². The van der Waals surface area contributed by atoms with E-state index in [2.05, 4.69) is 81.5 Å². The Morgan fingerprint density at radius 1 is 0.256 bits per heavy atom. The molecule has 1 unspecified atom stereocenters.